The number of aryl methyl sites for hydroxylation is 2. The fourth-order valence-electron chi connectivity index (χ4n) is 3.48. The Morgan fingerprint density at radius 2 is 1.76 bits per heavy atom. The van der Waals surface area contributed by atoms with Gasteiger partial charge in [0, 0.05) is 37.8 Å². The molecule has 1 saturated heterocycles. The van der Waals surface area contributed by atoms with Crippen molar-refractivity contribution < 1.29 is 14.1 Å². The van der Waals surface area contributed by atoms with Crippen LogP contribution in [-0.2, 0) is 11.3 Å². The highest BCUT2D eigenvalue weighted by Gasteiger charge is 2.31. The van der Waals surface area contributed by atoms with Gasteiger partial charge in [-0.15, -0.1) is 0 Å². The number of carbonyl (C=O) groups is 2. The largest absolute Gasteiger partial charge is 0.360 e. The van der Waals surface area contributed by atoms with Crippen LogP contribution in [0.25, 0.3) is 0 Å². The fourth-order valence-corrected chi connectivity index (χ4v) is 3.48. The summed E-state index contributed by atoms with van der Waals surface area (Å²) in [6.45, 7) is 11.3. The van der Waals surface area contributed by atoms with Gasteiger partial charge in [-0.25, -0.2) is 0 Å². The Hall–Kier alpha value is -2.67. The lowest BCUT2D eigenvalue weighted by Crippen LogP contribution is -2.56. The van der Waals surface area contributed by atoms with Crippen molar-refractivity contribution in [2.24, 2.45) is 5.92 Å². The van der Waals surface area contributed by atoms with Gasteiger partial charge < -0.3 is 14.7 Å². The molecule has 2 amide bonds. The lowest BCUT2D eigenvalue weighted by atomic mass is 10.0. The summed E-state index contributed by atoms with van der Waals surface area (Å²) in [7, 11) is 0. The van der Waals surface area contributed by atoms with E-state index in [1.165, 1.54) is 0 Å². The van der Waals surface area contributed by atoms with Gasteiger partial charge in [0.1, 0.15) is 6.04 Å². The summed E-state index contributed by atoms with van der Waals surface area (Å²) in [6, 6.07) is 8.78. The molecule has 3 rings (SSSR count). The minimum absolute atomic E-state index is 0.00657. The molecule has 1 aliphatic heterocycles. The lowest BCUT2D eigenvalue weighted by Gasteiger charge is -2.37. The highest BCUT2D eigenvalue weighted by atomic mass is 16.5. The molecule has 156 valence electrons. The molecule has 0 bridgehead atoms. The number of amides is 2. The van der Waals surface area contributed by atoms with Crippen LogP contribution in [0.4, 0.5) is 0 Å². The fraction of sp³-hybridized carbons (Fsp3) is 0.500. The Morgan fingerprint density at radius 3 is 2.31 bits per heavy atom. The predicted molar refractivity (Wildman–Crippen MR) is 110 cm³/mol. The zero-order valence-corrected chi connectivity index (χ0v) is 17.6. The first-order valence-corrected chi connectivity index (χ1v) is 10.1. The molecule has 2 heterocycles. The van der Waals surface area contributed by atoms with E-state index in [2.05, 4.69) is 15.4 Å². The second-order valence-corrected chi connectivity index (χ2v) is 8.10. The number of hydrogen-bond acceptors (Lipinski definition) is 5. The van der Waals surface area contributed by atoms with Gasteiger partial charge in [0.25, 0.3) is 5.91 Å². The van der Waals surface area contributed by atoms with Crippen LogP contribution in [0.5, 0.6) is 0 Å². The Kier molecular flexibility index (Phi) is 6.69. The summed E-state index contributed by atoms with van der Waals surface area (Å²) in [5.74, 6) is 0.617. The number of aromatic nitrogens is 1. The van der Waals surface area contributed by atoms with Gasteiger partial charge in [-0.3, -0.25) is 14.5 Å². The van der Waals surface area contributed by atoms with Crippen LogP contribution in [0.2, 0.25) is 0 Å². The van der Waals surface area contributed by atoms with Crippen molar-refractivity contribution in [3.8, 4) is 0 Å². The molecule has 0 radical (unpaired) electrons. The van der Waals surface area contributed by atoms with Crippen molar-refractivity contribution in [1.82, 2.24) is 20.3 Å². The van der Waals surface area contributed by atoms with Gasteiger partial charge in [0.15, 0.2) is 5.76 Å². The van der Waals surface area contributed by atoms with Crippen LogP contribution in [-0.4, -0.2) is 59.0 Å². The molecule has 7 heteroatoms. The Labute approximate surface area is 172 Å². The maximum absolute atomic E-state index is 13.1. The zero-order chi connectivity index (χ0) is 21.0. The topological polar surface area (TPSA) is 78.7 Å². The smallest absolute Gasteiger partial charge is 0.251 e. The van der Waals surface area contributed by atoms with Crippen molar-refractivity contribution in [2.45, 2.75) is 40.3 Å². The molecular weight excluding hydrogens is 368 g/mol. The van der Waals surface area contributed by atoms with E-state index in [4.69, 9.17) is 4.52 Å². The molecule has 1 atom stereocenters. The number of hydrogen-bond donors (Lipinski definition) is 1. The van der Waals surface area contributed by atoms with Gasteiger partial charge in [0.2, 0.25) is 5.91 Å². The van der Waals surface area contributed by atoms with Crippen molar-refractivity contribution in [2.75, 3.05) is 26.2 Å². The minimum atomic E-state index is -0.535. The molecule has 0 aliphatic carbocycles. The van der Waals surface area contributed by atoms with Crippen molar-refractivity contribution in [1.29, 1.82) is 0 Å². The normalized spacial score (nSPS) is 16.1. The third-order valence-electron chi connectivity index (χ3n) is 5.27. The first kappa shape index (κ1) is 21.0. The third kappa shape index (κ3) is 5.44. The van der Waals surface area contributed by atoms with E-state index in [1.54, 1.807) is 12.1 Å². The van der Waals surface area contributed by atoms with Crippen molar-refractivity contribution >= 4 is 11.8 Å². The first-order valence-electron chi connectivity index (χ1n) is 10.1. The summed E-state index contributed by atoms with van der Waals surface area (Å²) in [5.41, 5.74) is 2.54. The molecule has 2 aromatic rings. The van der Waals surface area contributed by atoms with E-state index in [1.807, 2.05) is 50.8 Å². The molecule has 1 fully saturated rings. The first-order chi connectivity index (χ1) is 13.8. The monoisotopic (exact) mass is 398 g/mol. The van der Waals surface area contributed by atoms with Crippen LogP contribution in [0.3, 0.4) is 0 Å². The van der Waals surface area contributed by atoms with E-state index in [-0.39, 0.29) is 17.7 Å². The quantitative estimate of drug-likeness (QED) is 0.808. The predicted octanol–water partition coefficient (Wildman–Crippen LogP) is 2.39. The van der Waals surface area contributed by atoms with Gasteiger partial charge in [-0.05, 0) is 31.9 Å². The van der Waals surface area contributed by atoms with Crippen molar-refractivity contribution in [3.05, 3.63) is 52.9 Å². The summed E-state index contributed by atoms with van der Waals surface area (Å²) in [5, 5.41) is 6.85. The SMILES string of the molecule is Cc1ccc(C(=O)NC(C(=O)N2CCN(Cc3cc(C)no3)CC2)C(C)C)cc1. The number of benzene rings is 1. The number of nitrogens with zero attached hydrogens (tertiary/aromatic N) is 3. The van der Waals surface area contributed by atoms with Crippen LogP contribution in [0.15, 0.2) is 34.9 Å². The summed E-state index contributed by atoms with van der Waals surface area (Å²) in [6.07, 6.45) is 0. The zero-order valence-electron chi connectivity index (χ0n) is 17.6. The second-order valence-electron chi connectivity index (χ2n) is 8.10. The maximum atomic E-state index is 13.1. The van der Waals surface area contributed by atoms with Gasteiger partial charge >= 0.3 is 0 Å². The van der Waals surface area contributed by atoms with E-state index >= 15 is 0 Å². The number of nitrogens with one attached hydrogen (secondary N) is 1. The minimum Gasteiger partial charge on any atom is -0.360 e. The Bertz CT molecular complexity index is 836. The maximum Gasteiger partial charge on any atom is 0.251 e. The molecule has 0 saturated carbocycles. The molecule has 1 unspecified atom stereocenters. The van der Waals surface area contributed by atoms with Crippen LogP contribution in [0.1, 0.15) is 41.2 Å². The summed E-state index contributed by atoms with van der Waals surface area (Å²) < 4.78 is 5.28. The molecular formula is C22H30N4O3. The third-order valence-corrected chi connectivity index (χ3v) is 5.27. The van der Waals surface area contributed by atoms with Crippen LogP contribution < -0.4 is 5.32 Å². The van der Waals surface area contributed by atoms with E-state index in [9.17, 15) is 9.59 Å². The average Bonchev–Trinajstić information content (AvgIpc) is 3.11. The highest BCUT2D eigenvalue weighted by molar-refractivity contribution is 5.97. The van der Waals surface area contributed by atoms with E-state index in [0.29, 0.717) is 25.2 Å². The molecule has 7 nitrogen and oxygen atoms in total. The molecule has 0 spiro atoms. The van der Waals surface area contributed by atoms with Crippen LogP contribution in [0, 0.1) is 19.8 Å². The Morgan fingerprint density at radius 1 is 1.10 bits per heavy atom. The second kappa shape index (κ2) is 9.22. The molecule has 1 aromatic heterocycles. The highest BCUT2D eigenvalue weighted by Crippen LogP contribution is 2.14. The standard InChI is InChI=1S/C22H30N4O3/c1-15(2)20(23-21(27)18-7-5-16(3)6-8-18)22(28)26-11-9-25(10-12-26)14-19-13-17(4)24-29-19/h5-8,13,15,20H,9-12,14H2,1-4H3,(H,23,27). The van der Waals surface area contributed by atoms with Crippen LogP contribution >= 0.6 is 0 Å². The lowest BCUT2D eigenvalue weighted by molar-refractivity contribution is -0.136. The molecule has 1 aliphatic rings. The van der Waals surface area contributed by atoms with Gasteiger partial charge in [0.05, 0.1) is 12.2 Å². The van der Waals surface area contributed by atoms with Gasteiger partial charge in [-0.2, -0.15) is 0 Å². The summed E-state index contributed by atoms with van der Waals surface area (Å²) >= 11 is 0. The summed E-state index contributed by atoms with van der Waals surface area (Å²) in [4.78, 5) is 29.8. The molecule has 1 aromatic carbocycles. The van der Waals surface area contributed by atoms with Crippen molar-refractivity contribution in [3.63, 3.8) is 0 Å². The van der Waals surface area contributed by atoms with E-state index < -0.39 is 6.04 Å². The molecule has 1 N–H and O–H groups in total. The Balaban J connectivity index is 1.56. The molecule has 29 heavy (non-hydrogen) atoms. The van der Waals surface area contributed by atoms with Gasteiger partial charge in [-0.1, -0.05) is 36.7 Å². The number of rotatable bonds is 6. The number of carbonyl (C=O) groups excluding carboxylic acids is 2. The average molecular weight is 399 g/mol. The number of piperazine rings is 1. The van der Waals surface area contributed by atoms with E-state index in [0.717, 1.165) is 30.1 Å².